The van der Waals surface area contributed by atoms with Crippen molar-refractivity contribution in [1.82, 2.24) is 0 Å². The number of rotatable bonds is 4. The Morgan fingerprint density at radius 1 is 1.33 bits per heavy atom. The molecule has 0 atom stereocenters. The lowest BCUT2D eigenvalue weighted by molar-refractivity contribution is 0.564. The van der Waals surface area contributed by atoms with Crippen molar-refractivity contribution >= 4 is 6.08 Å². The maximum Gasteiger partial charge on any atom is 0.235 e. The maximum absolute atomic E-state index is 9.43. The smallest absolute Gasteiger partial charge is 0.211 e. The van der Waals surface area contributed by atoms with E-state index < -0.39 is 0 Å². The van der Waals surface area contributed by atoms with Crippen molar-refractivity contribution in [2.45, 2.75) is 0 Å². The fourth-order valence-electron chi connectivity index (χ4n) is 0.282. The van der Waals surface area contributed by atoms with E-state index in [1.807, 2.05) is 0 Å². The number of hydrogen-bond donors (Lipinski definition) is 0. The van der Waals surface area contributed by atoms with E-state index in [4.69, 9.17) is 0 Å². The van der Waals surface area contributed by atoms with E-state index in [-0.39, 0.29) is 13.1 Å². The SMILES string of the molecule is O=C=NCC=CCN=O. The summed E-state index contributed by atoms with van der Waals surface area (Å²) >= 11 is 0. The number of aliphatic imine (C=N–C) groups is 1. The van der Waals surface area contributed by atoms with E-state index in [1.54, 1.807) is 6.08 Å². The van der Waals surface area contributed by atoms with Gasteiger partial charge in [0, 0.05) is 0 Å². The lowest BCUT2D eigenvalue weighted by Gasteiger charge is -1.73. The second kappa shape index (κ2) is 6.72. The maximum atomic E-state index is 9.43. The third-order valence-corrected chi connectivity index (χ3v) is 0.608. The topological polar surface area (TPSA) is 58.9 Å². The Balaban J connectivity index is 3.24. The summed E-state index contributed by atoms with van der Waals surface area (Å²) in [5.41, 5.74) is 0. The average molecular weight is 126 g/mol. The van der Waals surface area contributed by atoms with Crippen molar-refractivity contribution in [3.8, 4) is 0 Å². The largest absolute Gasteiger partial charge is 0.235 e. The Hall–Kier alpha value is -1.28. The molecule has 4 heteroatoms. The zero-order valence-electron chi connectivity index (χ0n) is 4.78. The van der Waals surface area contributed by atoms with Crippen LogP contribution in [0.25, 0.3) is 0 Å². The third-order valence-electron chi connectivity index (χ3n) is 0.608. The summed E-state index contributed by atoms with van der Waals surface area (Å²) in [7, 11) is 0. The van der Waals surface area contributed by atoms with Gasteiger partial charge in [0.1, 0.15) is 0 Å². The van der Waals surface area contributed by atoms with Gasteiger partial charge in [-0.1, -0.05) is 17.3 Å². The number of carbonyl (C=O) groups excluding carboxylic acids is 1. The first-order chi connectivity index (χ1) is 4.41. The highest BCUT2D eigenvalue weighted by molar-refractivity contribution is 5.33. The van der Waals surface area contributed by atoms with Gasteiger partial charge in [0.2, 0.25) is 6.08 Å². The highest BCUT2D eigenvalue weighted by Crippen LogP contribution is 1.74. The molecule has 0 aliphatic heterocycles. The van der Waals surface area contributed by atoms with Gasteiger partial charge in [-0.2, -0.15) is 4.91 Å². The van der Waals surface area contributed by atoms with Crippen LogP contribution in [0, 0.1) is 4.91 Å². The minimum Gasteiger partial charge on any atom is -0.211 e. The van der Waals surface area contributed by atoms with Crippen molar-refractivity contribution in [2.24, 2.45) is 10.2 Å². The van der Waals surface area contributed by atoms with Gasteiger partial charge in [-0.25, -0.2) is 9.79 Å². The molecule has 0 heterocycles. The highest BCUT2D eigenvalue weighted by Gasteiger charge is 1.71. The number of nitroso groups, excluding NO2 is 1. The second-order valence-corrected chi connectivity index (χ2v) is 1.22. The van der Waals surface area contributed by atoms with Crippen LogP contribution in [0.2, 0.25) is 0 Å². The molecule has 0 bridgehead atoms. The van der Waals surface area contributed by atoms with Gasteiger partial charge in [-0.3, -0.25) is 0 Å². The van der Waals surface area contributed by atoms with E-state index in [1.165, 1.54) is 12.2 Å². The molecule has 4 nitrogen and oxygen atoms in total. The van der Waals surface area contributed by atoms with Gasteiger partial charge >= 0.3 is 0 Å². The predicted molar refractivity (Wildman–Crippen MR) is 32.8 cm³/mol. The summed E-state index contributed by atoms with van der Waals surface area (Å²) in [4.78, 5) is 22.1. The minimum absolute atomic E-state index is 0.133. The molecule has 0 N–H and O–H groups in total. The highest BCUT2D eigenvalue weighted by atomic mass is 16.3. The zero-order valence-corrected chi connectivity index (χ0v) is 4.78. The molecule has 0 aliphatic rings. The van der Waals surface area contributed by atoms with Crippen molar-refractivity contribution in [3.05, 3.63) is 17.1 Å². The van der Waals surface area contributed by atoms with Crippen LogP contribution in [0.1, 0.15) is 0 Å². The van der Waals surface area contributed by atoms with E-state index in [0.717, 1.165) is 0 Å². The lowest BCUT2D eigenvalue weighted by atomic mass is 10.5. The first kappa shape index (κ1) is 7.72. The van der Waals surface area contributed by atoms with Crippen molar-refractivity contribution in [2.75, 3.05) is 13.1 Å². The van der Waals surface area contributed by atoms with Crippen LogP contribution in [0.5, 0.6) is 0 Å². The van der Waals surface area contributed by atoms with Crippen LogP contribution in [-0.2, 0) is 4.79 Å². The van der Waals surface area contributed by atoms with Gasteiger partial charge in [-0.05, 0) is 0 Å². The summed E-state index contributed by atoms with van der Waals surface area (Å²) in [5.74, 6) is 0. The van der Waals surface area contributed by atoms with Crippen LogP contribution < -0.4 is 0 Å². The Bertz CT molecular complexity index is 147. The predicted octanol–water partition coefficient (Wildman–Crippen LogP) is 0.645. The van der Waals surface area contributed by atoms with Crippen molar-refractivity contribution in [1.29, 1.82) is 0 Å². The van der Waals surface area contributed by atoms with E-state index >= 15 is 0 Å². The first-order valence-corrected chi connectivity index (χ1v) is 2.39. The minimum atomic E-state index is 0.133. The van der Waals surface area contributed by atoms with E-state index in [0.29, 0.717) is 0 Å². The molecular weight excluding hydrogens is 120 g/mol. The molecule has 0 saturated heterocycles. The Morgan fingerprint density at radius 2 is 2.00 bits per heavy atom. The molecule has 0 aliphatic carbocycles. The Morgan fingerprint density at radius 3 is 2.56 bits per heavy atom. The van der Waals surface area contributed by atoms with Gasteiger partial charge in [0.25, 0.3) is 0 Å². The van der Waals surface area contributed by atoms with Crippen LogP contribution in [-0.4, -0.2) is 19.2 Å². The summed E-state index contributed by atoms with van der Waals surface area (Å²) in [6.45, 7) is 0.410. The zero-order chi connectivity index (χ0) is 6.95. The van der Waals surface area contributed by atoms with Gasteiger partial charge in [0.15, 0.2) is 0 Å². The molecule has 0 radical (unpaired) electrons. The molecule has 0 aromatic rings. The number of nitrogens with zero attached hydrogens (tertiary/aromatic N) is 2. The standard InChI is InChI=1S/C5H6N2O2/c8-5-6-3-1-2-4-7-9/h1-2H,3-4H2. The molecule has 0 amide bonds. The molecule has 0 fully saturated rings. The van der Waals surface area contributed by atoms with Crippen LogP contribution in [0.3, 0.4) is 0 Å². The fourth-order valence-corrected chi connectivity index (χ4v) is 0.282. The molecule has 0 spiro atoms. The fraction of sp³-hybridized carbons (Fsp3) is 0.400. The third kappa shape index (κ3) is 6.72. The normalized spacial score (nSPS) is 8.89. The summed E-state index contributed by atoms with van der Waals surface area (Å²) < 4.78 is 0. The molecule has 0 unspecified atom stereocenters. The average Bonchev–Trinajstić information content (AvgIpc) is 1.89. The van der Waals surface area contributed by atoms with Crippen LogP contribution in [0.4, 0.5) is 0 Å². The second-order valence-electron chi connectivity index (χ2n) is 1.22. The van der Waals surface area contributed by atoms with E-state index in [2.05, 4.69) is 10.2 Å². The molecule has 48 valence electrons. The monoisotopic (exact) mass is 126 g/mol. The van der Waals surface area contributed by atoms with Crippen molar-refractivity contribution < 1.29 is 4.79 Å². The number of hydrogen-bond acceptors (Lipinski definition) is 4. The quantitative estimate of drug-likeness (QED) is 0.240. The lowest BCUT2D eigenvalue weighted by Crippen LogP contribution is -1.72. The molecular formula is C5H6N2O2. The molecule has 0 rings (SSSR count). The molecule has 0 aromatic carbocycles. The van der Waals surface area contributed by atoms with Gasteiger partial charge < -0.3 is 0 Å². The van der Waals surface area contributed by atoms with Crippen LogP contribution >= 0.6 is 0 Å². The van der Waals surface area contributed by atoms with Gasteiger partial charge in [-0.15, -0.1) is 0 Å². The molecule has 9 heavy (non-hydrogen) atoms. The Kier molecular flexibility index (Phi) is 5.76. The van der Waals surface area contributed by atoms with Crippen molar-refractivity contribution in [3.63, 3.8) is 0 Å². The van der Waals surface area contributed by atoms with Gasteiger partial charge in [0.05, 0.1) is 13.1 Å². The summed E-state index contributed by atoms with van der Waals surface area (Å²) in [6.07, 6.45) is 4.47. The summed E-state index contributed by atoms with van der Waals surface area (Å²) in [5, 5.41) is 2.56. The first-order valence-electron chi connectivity index (χ1n) is 2.39. The van der Waals surface area contributed by atoms with E-state index in [9.17, 15) is 9.70 Å². The molecule has 0 saturated carbocycles. The molecule has 0 aromatic heterocycles. The van der Waals surface area contributed by atoms with Crippen LogP contribution in [0.15, 0.2) is 22.3 Å². The number of isocyanates is 1. The Labute approximate surface area is 52.3 Å². The summed E-state index contributed by atoms with van der Waals surface area (Å²) in [6, 6.07) is 0.